The number of nitrogens with zero attached hydrogens (tertiary/aromatic N) is 1. The molecule has 1 saturated heterocycles. The summed E-state index contributed by atoms with van der Waals surface area (Å²) in [6.45, 7) is 4.85. The fourth-order valence-electron chi connectivity index (χ4n) is 4.81. The minimum absolute atomic E-state index is 0.173. The van der Waals surface area contributed by atoms with Gasteiger partial charge in [0, 0.05) is 42.8 Å². The number of phenolic OH excluding ortho intramolecular Hbond substituents is 1. The van der Waals surface area contributed by atoms with Gasteiger partial charge >= 0.3 is 0 Å². The van der Waals surface area contributed by atoms with Crippen LogP contribution in [0.4, 0.5) is 4.39 Å². The number of hydrogen-bond donors (Lipinski definition) is 1. The fourth-order valence-corrected chi connectivity index (χ4v) is 4.81. The average molecular weight is 476 g/mol. The number of benzene rings is 3. The minimum Gasteiger partial charge on any atom is -0.508 e. The van der Waals surface area contributed by atoms with Crippen LogP contribution >= 0.6 is 0 Å². The predicted molar refractivity (Wildman–Crippen MR) is 135 cm³/mol. The Balaban J connectivity index is 1.38. The Bertz CT molecular complexity index is 1200. The van der Waals surface area contributed by atoms with Crippen molar-refractivity contribution in [1.29, 1.82) is 0 Å². The van der Waals surface area contributed by atoms with E-state index in [1.165, 1.54) is 0 Å². The molecule has 0 unspecified atom stereocenters. The number of phenols is 1. The first-order valence-electron chi connectivity index (χ1n) is 11.9. The van der Waals surface area contributed by atoms with Crippen molar-refractivity contribution >= 4 is 11.1 Å². The first-order chi connectivity index (χ1) is 17.1. The van der Waals surface area contributed by atoms with Crippen LogP contribution in [0.15, 0.2) is 66.7 Å². The van der Waals surface area contributed by atoms with E-state index in [0.29, 0.717) is 12.4 Å². The fraction of sp³-hybridized carbons (Fsp3) is 0.310. The lowest BCUT2D eigenvalue weighted by Gasteiger charge is -2.37. The maximum Gasteiger partial charge on any atom is 0.150 e. The molecule has 6 heteroatoms. The van der Waals surface area contributed by atoms with Crippen LogP contribution in [0, 0.1) is 5.92 Å². The average Bonchev–Trinajstić information content (AvgIpc) is 2.85. The summed E-state index contributed by atoms with van der Waals surface area (Å²) in [6, 6.07) is 21.2. The maximum atomic E-state index is 12.6. The van der Waals surface area contributed by atoms with Gasteiger partial charge < -0.3 is 19.3 Å². The zero-order valence-electron chi connectivity index (χ0n) is 20.0. The van der Waals surface area contributed by atoms with Gasteiger partial charge in [-0.1, -0.05) is 24.3 Å². The molecule has 1 fully saturated rings. The van der Waals surface area contributed by atoms with Crippen molar-refractivity contribution < 1.29 is 23.7 Å². The SMILES string of the molecule is COc1ccc(C2=C(C)c3ccc(O)cc3O[C@@H]2c2ccc(OCCN3CC(CF)C3)cc2)cc1. The highest BCUT2D eigenvalue weighted by molar-refractivity contribution is 5.95. The highest BCUT2D eigenvalue weighted by Gasteiger charge is 2.30. The Morgan fingerprint density at radius 2 is 1.71 bits per heavy atom. The molecule has 2 heterocycles. The quantitative estimate of drug-likeness (QED) is 0.450. The molecular formula is C29H30FNO4. The van der Waals surface area contributed by atoms with Crippen molar-refractivity contribution in [1.82, 2.24) is 4.90 Å². The summed E-state index contributed by atoms with van der Waals surface area (Å²) in [4.78, 5) is 2.20. The summed E-state index contributed by atoms with van der Waals surface area (Å²) >= 11 is 0. The molecule has 0 bridgehead atoms. The summed E-state index contributed by atoms with van der Waals surface area (Å²) in [7, 11) is 1.66. The third-order valence-electron chi connectivity index (χ3n) is 6.79. The van der Waals surface area contributed by atoms with Crippen LogP contribution in [0.5, 0.6) is 23.0 Å². The summed E-state index contributed by atoms with van der Waals surface area (Å²) in [5, 5.41) is 10.0. The summed E-state index contributed by atoms with van der Waals surface area (Å²) < 4.78 is 30.3. The molecule has 2 aliphatic heterocycles. The van der Waals surface area contributed by atoms with Gasteiger partial charge in [-0.15, -0.1) is 0 Å². The monoisotopic (exact) mass is 475 g/mol. The largest absolute Gasteiger partial charge is 0.508 e. The molecule has 1 atom stereocenters. The van der Waals surface area contributed by atoms with E-state index in [1.807, 2.05) is 54.6 Å². The van der Waals surface area contributed by atoms with E-state index in [2.05, 4.69) is 11.8 Å². The molecule has 0 amide bonds. The molecule has 3 aromatic carbocycles. The first-order valence-corrected chi connectivity index (χ1v) is 11.9. The predicted octanol–water partition coefficient (Wildman–Crippen LogP) is 5.75. The van der Waals surface area contributed by atoms with Crippen LogP contribution in [0.3, 0.4) is 0 Å². The lowest BCUT2D eigenvalue weighted by Crippen LogP contribution is -2.49. The minimum atomic E-state index is -0.342. The van der Waals surface area contributed by atoms with E-state index in [0.717, 1.165) is 59.0 Å². The molecule has 35 heavy (non-hydrogen) atoms. The van der Waals surface area contributed by atoms with Gasteiger partial charge in [0.15, 0.2) is 0 Å². The summed E-state index contributed by atoms with van der Waals surface area (Å²) in [5.41, 5.74) is 5.17. The standard InChI is InChI=1S/C29H30FNO4/c1-19-26-12-7-23(32)15-27(26)35-29(28(19)21-3-8-24(33-2)9-4-21)22-5-10-25(11-6-22)34-14-13-31-17-20(16-30)18-31/h3-12,15,20,29,32H,13-14,16-18H2,1-2H3/t29-/m1/s1. The van der Waals surface area contributed by atoms with Gasteiger partial charge in [0.25, 0.3) is 0 Å². The zero-order chi connectivity index (χ0) is 24.4. The third kappa shape index (κ3) is 4.84. The Labute approximate surface area is 205 Å². The van der Waals surface area contributed by atoms with Gasteiger partial charge in [-0.05, 0) is 60.0 Å². The van der Waals surface area contributed by atoms with Crippen molar-refractivity contribution in [3.8, 4) is 23.0 Å². The lowest BCUT2D eigenvalue weighted by atomic mass is 9.86. The van der Waals surface area contributed by atoms with Gasteiger partial charge in [-0.2, -0.15) is 0 Å². The van der Waals surface area contributed by atoms with E-state index in [1.54, 1.807) is 19.2 Å². The molecule has 5 nitrogen and oxygen atoms in total. The highest BCUT2D eigenvalue weighted by atomic mass is 19.1. The molecule has 0 spiro atoms. The topological polar surface area (TPSA) is 51.2 Å². The van der Waals surface area contributed by atoms with Crippen molar-refractivity contribution in [2.24, 2.45) is 5.92 Å². The molecule has 3 aromatic rings. The number of rotatable bonds is 8. The molecule has 0 saturated carbocycles. The third-order valence-corrected chi connectivity index (χ3v) is 6.79. The van der Waals surface area contributed by atoms with Crippen LogP contribution in [-0.2, 0) is 0 Å². The number of likely N-dealkylation sites (tertiary alicyclic amines) is 1. The van der Waals surface area contributed by atoms with Gasteiger partial charge in [-0.25, -0.2) is 0 Å². The first kappa shape index (κ1) is 23.2. The van der Waals surface area contributed by atoms with E-state index >= 15 is 0 Å². The second-order valence-electron chi connectivity index (χ2n) is 9.14. The Morgan fingerprint density at radius 3 is 2.40 bits per heavy atom. The number of fused-ring (bicyclic) bond motifs is 1. The van der Waals surface area contributed by atoms with Crippen LogP contribution in [-0.4, -0.2) is 50.0 Å². The number of ether oxygens (including phenoxy) is 3. The van der Waals surface area contributed by atoms with Crippen LogP contribution in [0.25, 0.3) is 11.1 Å². The molecule has 2 aliphatic rings. The van der Waals surface area contributed by atoms with Crippen molar-refractivity contribution in [2.45, 2.75) is 13.0 Å². The maximum absolute atomic E-state index is 12.6. The Hall–Kier alpha value is -3.51. The van der Waals surface area contributed by atoms with E-state index in [9.17, 15) is 9.50 Å². The Morgan fingerprint density at radius 1 is 1.00 bits per heavy atom. The van der Waals surface area contributed by atoms with E-state index < -0.39 is 0 Å². The summed E-state index contributed by atoms with van der Waals surface area (Å²) in [5.74, 6) is 2.61. The van der Waals surface area contributed by atoms with Crippen molar-refractivity contribution in [3.05, 3.63) is 83.4 Å². The number of methoxy groups -OCH3 is 1. The second kappa shape index (κ2) is 10.0. The molecule has 1 N–H and O–H groups in total. The van der Waals surface area contributed by atoms with Crippen molar-refractivity contribution in [2.75, 3.05) is 40.0 Å². The Kier molecular flexibility index (Phi) is 6.64. The molecule has 0 radical (unpaired) electrons. The summed E-state index contributed by atoms with van der Waals surface area (Å²) in [6.07, 6.45) is -0.342. The normalized spacial score (nSPS) is 18.0. The number of hydrogen-bond acceptors (Lipinski definition) is 5. The molecule has 5 rings (SSSR count). The molecule has 0 aromatic heterocycles. The van der Waals surface area contributed by atoms with E-state index in [4.69, 9.17) is 14.2 Å². The van der Waals surface area contributed by atoms with Crippen molar-refractivity contribution in [3.63, 3.8) is 0 Å². The number of aromatic hydroxyl groups is 1. The number of alkyl halides is 1. The van der Waals surface area contributed by atoms with Gasteiger partial charge in [-0.3, -0.25) is 9.29 Å². The lowest BCUT2D eigenvalue weighted by molar-refractivity contribution is 0.0668. The van der Waals surface area contributed by atoms with Crippen LogP contribution in [0.2, 0.25) is 0 Å². The van der Waals surface area contributed by atoms with E-state index in [-0.39, 0.29) is 24.4 Å². The zero-order valence-corrected chi connectivity index (χ0v) is 20.0. The van der Waals surface area contributed by atoms with Crippen LogP contribution in [0.1, 0.15) is 29.7 Å². The highest BCUT2D eigenvalue weighted by Crippen LogP contribution is 2.47. The van der Waals surface area contributed by atoms with Gasteiger partial charge in [0.05, 0.1) is 13.8 Å². The second-order valence-corrected chi connectivity index (χ2v) is 9.14. The van der Waals surface area contributed by atoms with Gasteiger partial charge in [0.2, 0.25) is 0 Å². The number of halogens is 1. The molecule has 182 valence electrons. The molecule has 0 aliphatic carbocycles. The van der Waals surface area contributed by atoms with Crippen LogP contribution < -0.4 is 14.2 Å². The molecular weight excluding hydrogens is 445 g/mol. The smallest absolute Gasteiger partial charge is 0.150 e. The van der Waals surface area contributed by atoms with Gasteiger partial charge in [0.1, 0.15) is 35.7 Å². The number of allylic oxidation sites excluding steroid dienone is 1.